The monoisotopic (exact) mass is 526 g/mol. The molecule has 1 aliphatic heterocycles. The van der Waals surface area contributed by atoms with Crippen LogP contribution in [0.2, 0.25) is 0 Å². The van der Waals surface area contributed by atoms with Crippen molar-refractivity contribution in [1.82, 2.24) is 0 Å². The molecule has 7 unspecified atom stereocenters. The second-order valence-electron chi connectivity index (χ2n) is 10.9. The van der Waals surface area contributed by atoms with E-state index >= 15 is 0 Å². The molecule has 0 fully saturated rings. The van der Waals surface area contributed by atoms with Gasteiger partial charge in [-0.25, -0.2) is 9.59 Å². The first-order valence-corrected chi connectivity index (χ1v) is 13.4. The van der Waals surface area contributed by atoms with Gasteiger partial charge in [0, 0.05) is 29.9 Å². The molecule has 0 amide bonds. The summed E-state index contributed by atoms with van der Waals surface area (Å²) >= 11 is 0. The van der Waals surface area contributed by atoms with E-state index in [0.717, 1.165) is 23.6 Å². The lowest BCUT2D eigenvalue weighted by atomic mass is 9.83. The van der Waals surface area contributed by atoms with Crippen molar-refractivity contribution in [2.45, 2.75) is 80.4 Å². The molecule has 1 rings (SSSR count). The number of esters is 1. The second-order valence-corrected chi connectivity index (χ2v) is 10.9. The summed E-state index contributed by atoms with van der Waals surface area (Å²) in [5.74, 6) is -2.02. The van der Waals surface area contributed by atoms with E-state index in [9.17, 15) is 19.5 Å². The highest BCUT2D eigenvalue weighted by molar-refractivity contribution is 5.85. The smallest absolute Gasteiger partial charge is 0.331 e. The van der Waals surface area contributed by atoms with E-state index in [1.807, 2.05) is 65.0 Å². The molecule has 7 atom stereocenters. The van der Waals surface area contributed by atoms with Crippen LogP contribution in [0.4, 0.5) is 0 Å². The zero-order valence-corrected chi connectivity index (χ0v) is 24.2. The Hall–Kier alpha value is -2.99. The minimum Gasteiger partial charge on any atom is -0.478 e. The number of carbonyl (C=O) groups is 3. The van der Waals surface area contributed by atoms with Crippen LogP contribution in [-0.2, 0) is 19.1 Å². The number of allylic oxidation sites excluding steroid dienone is 8. The van der Waals surface area contributed by atoms with Crippen molar-refractivity contribution in [3.05, 3.63) is 71.4 Å². The third kappa shape index (κ3) is 12.0. The number of hydrogen-bond acceptors (Lipinski definition) is 5. The van der Waals surface area contributed by atoms with Gasteiger partial charge in [0.2, 0.25) is 0 Å². The van der Waals surface area contributed by atoms with E-state index in [1.54, 1.807) is 13.8 Å². The fourth-order valence-corrected chi connectivity index (χ4v) is 4.63. The molecular weight excluding hydrogens is 480 g/mol. The molecule has 0 saturated heterocycles. The molecule has 0 aliphatic carbocycles. The highest BCUT2D eigenvalue weighted by Crippen LogP contribution is 2.24. The maximum atomic E-state index is 12.9. The van der Waals surface area contributed by atoms with Crippen LogP contribution in [0.25, 0.3) is 0 Å². The molecule has 0 saturated carbocycles. The number of carboxylic acid groups (broad SMARTS) is 1. The molecule has 2 N–H and O–H groups in total. The summed E-state index contributed by atoms with van der Waals surface area (Å²) in [5.41, 5.74) is 2.75. The minimum absolute atomic E-state index is 0.0378. The number of Topliss-reactive ketones (excluding diaryl/α,β-unsaturated/α-hetero) is 1. The zero-order valence-electron chi connectivity index (χ0n) is 24.2. The highest BCUT2D eigenvalue weighted by Gasteiger charge is 2.29. The Kier molecular flexibility index (Phi) is 14.0. The molecular formula is C32H46O6. The van der Waals surface area contributed by atoms with Crippen LogP contribution in [0.5, 0.6) is 0 Å². The molecule has 0 aromatic rings. The summed E-state index contributed by atoms with van der Waals surface area (Å²) < 4.78 is 5.34. The maximum absolute atomic E-state index is 12.9. The summed E-state index contributed by atoms with van der Waals surface area (Å²) in [6, 6.07) is 0. The summed E-state index contributed by atoms with van der Waals surface area (Å²) in [4.78, 5) is 35.2. The molecule has 0 aromatic heterocycles. The van der Waals surface area contributed by atoms with Gasteiger partial charge in [-0.3, -0.25) is 4.79 Å². The van der Waals surface area contributed by atoms with Crippen LogP contribution >= 0.6 is 0 Å². The Bertz CT molecular complexity index is 1010. The average Bonchev–Trinajstić information content (AvgIpc) is 2.82. The van der Waals surface area contributed by atoms with Gasteiger partial charge >= 0.3 is 11.9 Å². The Balaban J connectivity index is 2.63. The normalized spacial score (nSPS) is 23.3. The Morgan fingerprint density at radius 3 is 2.32 bits per heavy atom. The largest absolute Gasteiger partial charge is 0.478 e. The maximum Gasteiger partial charge on any atom is 0.331 e. The van der Waals surface area contributed by atoms with Crippen LogP contribution in [0, 0.1) is 29.6 Å². The zero-order chi connectivity index (χ0) is 29.0. The van der Waals surface area contributed by atoms with Crippen LogP contribution in [0.15, 0.2) is 71.4 Å². The van der Waals surface area contributed by atoms with Gasteiger partial charge in [0.05, 0.1) is 6.10 Å². The van der Waals surface area contributed by atoms with E-state index in [4.69, 9.17) is 9.84 Å². The third-order valence-electron chi connectivity index (χ3n) is 6.81. The lowest BCUT2D eigenvalue weighted by Gasteiger charge is -2.25. The Morgan fingerprint density at radius 2 is 1.68 bits per heavy atom. The second kappa shape index (κ2) is 16.1. The number of carbonyl (C=O) groups excluding carboxylic acids is 2. The number of aliphatic hydroxyl groups is 1. The first-order chi connectivity index (χ1) is 17.7. The molecule has 6 heteroatoms. The molecule has 0 spiro atoms. The molecule has 38 heavy (non-hydrogen) atoms. The van der Waals surface area contributed by atoms with E-state index < -0.39 is 18.0 Å². The van der Waals surface area contributed by atoms with Gasteiger partial charge in [0.15, 0.2) is 0 Å². The molecule has 6 nitrogen and oxygen atoms in total. The van der Waals surface area contributed by atoms with Gasteiger partial charge in [-0.2, -0.15) is 0 Å². The van der Waals surface area contributed by atoms with Crippen molar-refractivity contribution in [2.24, 2.45) is 29.6 Å². The highest BCUT2D eigenvalue weighted by atomic mass is 16.5. The van der Waals surface area contributed by atoms with Crippen LogP contribution in [0.3, 0.4) is 0 Å². The summed E-state index contributed by atoms with van der Waals surface area (Å²) in [6.07, 6.45) is 16.8. The van der Waals surface area contributed by atoms with E-state index in [-0.39, 0.29) is 35.6 Å². The molecule has 210 valence electrons. The standard InChI is InChI=1S/C32H46O6/c1-20(16-22(3)12-14-28-24(5)13-15-30(35)38-28)10-9-11-21(2)17-25(6)31(36)27(8)32(37)26(7)18-23(4)19-29(33)34/h9,11-17,19-20,24-28,32,37H,10,18H2,1-8H3,(H,33,34)/b11-9+,14-12+,21-17+,22-16-,23-19+. The summed E-state index contributed by atoms with van der Waals surface area (Å²) in [5, 5.41) is 19.5. The lowest BCUT2D eigenvalue weighted by Crippen LogP contribution is -2.34. The van der Waals surface area contributed by atoms with Gasteiger partial charge < -0.3 is 14.9 Å². The number of hydrogen-bond donors (Lipinski definition) is 2. The van der Waals surface area contributed by atoms with Crippen molar-refractivity contribution >= 4 is 17.7 Å². The fourth-order valence-electron chi connectivity index (χ4n) is 4.63. The minimum atomic E-state index is -1.01. The van der Waals surface area contributed by atoms with Crippen LogP contribution < -0.4 is 0 Å². The topological polar surface area (TPSA) is 101 Å². The SMILES string of the molecule is CC(=C/C(C)C/C=C/C(C)=C/C(C)C(=O)C(C)C(O)C(C)C/C(C)=C/C(=O)O)/C=C/C1OC(=O)C=CC1C. The van der Waals surface area contributed by atoms with E-state index in [0.29, 0.717) is 17.9 Å². The van der Waals surface area contributed by atoms with Crippen molar-refractivity contribution in [3.63, 3.8) is 0 Å². The Labute approximate surface area is 228 Å². The predicted octanol–water partition coefficient (Wildman–Crippen LogP) is 6.39. The first kappa shape index (κ1) is 33.0. The number of aliphatic carboxylic acids is 1. The first-order valence-electron chi connectivity index (χ1n) is 13.4. The van der Waals surface area contributed by atoms with Gasteiger partial charge in [-0.1, -0.05) is 87.8 Å². The summed E-state index contributed by atoms with van der Waals surface area (Å²) in [6.45, 7) is 15.3. The van der Waals surface area contributed by atoms with Crippen LogP contribution in [0.1, 0.15) is 68.2 Å². The molecule has 0 radical (unpaired) electrons. The fraction of sp³-hybridized carbons (Fsp3) is 0.531. The molecule has 0 aromatic carbocycles. The number of rotatable bonds is 14. The third-order valence-corrected chi connectivity index (χ3v) is 6.81. The number of aliphatic hydroxyl groups excluding tert-OH is 1. The quantitative estimate of drug-likeness (QED) is 0.154. The van der Waals surface area contributed by atoms with Crippen molar-refractivity contribution in [2.75, 3.05) is 0 Å². The van der Waals surface area contributed by atoms with Gasteiger partial charge in [-0.05, 0) is 51.5 Å². The lowest BCUT2D eigenvalue weighted by molar-refractivity contribution is -0.143. The van der Waals surface area contributed by atoms with Crippen molar-refractivity contribution < 1.29 is 29.3 Å². The molecule has 0 bridgehead atoms. The molecule has 1 aliphatic rings. The number of ether oxygens (including phenoxy) is 1. The van der Waals surface area contributed by atoms with Crippen LogP contribution in [-0.4, -0.2) is 40.1 Å². The average molecular weight is 527 g/mol. The van der Waals surface area contributed by atoms with Gasteiger partial charge in [0.1, 0.15) is 11.9 Å². The van der Waals surface area contributed by atoms with Gasteiger partial charge in [-0.15, -0.1) is 0 Å². The van der Waals surface area contributed by atoms with E-state index in [2.05, 4.69) is 19.1 Å². The number of ketones is 1. The van der Waals surface area contributed by atoms with Crippen molar-refractivity contribution in [3.8, 4) is 0 Å². The number of carboxylic acids is 1. The van der Waals surface area contributed by atoms with E-state index in [1.165, 1.54) is 6.08 Å². The molecule has 1 heterocycles. The van der Waals surface area contributed by atoms with Gasteiger partial charge in [0.25, 0.3) is 0 Å². The summed E-state index contributed by atoms with van der Waals surface area (Å²) in [7, 11) is 0. The Morgan fingerprint density at radius 1 is 1.05 bits per heavy atom. The predicted molar refractivity (Wildman–Crippen MR) is 152 cm³/mol. The number of cyclic esters (lactones) is 1. The van der Waals surface area contributed by atoms with Crippen molar-refractivity contribution in [1.29, 1.82) is 0 Å².